The predicted molar refractivity (Wildman–Crippen MR) is 44.5 cm³/mol. The van der Waals surface area contributed by atoms with Gasteiger partial charge in [-0.2, -0.15) is 0 Å². The first kappa shape index (κ1) is 7.56. The molecule has 1 aliphatic carbocycles. The van der Waals surface area contributed by atoms with Gasteiger partial charge in [-0.25, -0.2) is 0 Å². The Balaban J connectivity index is 1.78. The summed E-state index contributed by atoms with van der Waals surface area (Å²) in [6.45, 7) is 4.18. The van der Waals surface area contributed by atoms with Crippen molar-refractivity contribution in [2.24, 2.45) is 5.92 Å². The highest BCUT2D eigenvalue weighted by molar-refractivity contribution is 4.87. The molecule has 1 aliphatic heterocycles. The van der Waals surface area contributed by atoms with E-state index >= 15 is 0 Å². The first-order valence-corrected chi connectivity index (χ1v) is 4.70. The third-order valence-electron chi connectivity index (χ3n) is 2.67. The summed E-state index contributed by atoms with van der Waals surface area (Å²) >= 11 is 0. The molecule has 0 aromatic carbocycles. The van der Waals surface area contributed by atoms with Crippen molar-refractivity contribution < 1.29 is 4.74 Å². The Morgan fingerprint density at radius 3 is 2.73 bits per heavy atom. The topological polar surface area (TPSA) is 21.3 Å². The highest BCUT2D eigenvalue weighted by Gasteiger charge is 2.28. The van der Waals surface area contributed by atoms with Crippen molar-refractivity contribution in [3.8, 4) is 0 Å². The van der Waals surface area contributed by atoms with Crippen molar-refractivity contribution in [3.05, 3.63) is 0 Å². The van der Waals surface area contributed by atoms with Crippen LogP contribution in [0.2, 0.25) is 0 Å². The molecule has 1 N–H and O–H groups in total. The van der Waals surface area contributed by atoms with E-state index in [1.165, 1.54) is 19.3 Å². The third kappa shape index (κ3) is 1.94. The van der Waals surface area contributed by atoms with E-state index in [0.29, 0.717) is 5.92 Å². The molecular formula is C9H17NO. The first-order chi connectivity index (χ1) is 5.36. The van der Waals surface area contributed by atoms with E-state index in [9.17, 15) is 0 Å². The largest absolute Gasteiger partial charge is 0.381 e. The molecule has 2 rings (SSSR count). The first-order valence-electron chi connectivity index (χ1n) is 4.70. The molecule has 2 fully saturated rings. The van der Waals surface area contributed by atoms with Crippen LogP contribution in [0.1, 0.15) is 26.2 Å². The molecule has 0 radical (unpaired) electrons. The van der Waals surface area contributed by atoms with Gasteiger partial charge in [0.1, 0.15) is 0 Å². The Morgan fingerprint density at radius 1 is 1.27 bits per heavy atom. The summed E-state index contributed by atoms with van der Waals surface area (Å²) in [4.78, 5) is 0. The lowest BCUT2D eigenvalue weighted by molar-refractivity contribution is 0.0386. The van der Waals surface area contributed by atoms with Crippen LogP contribution in [0.25, 0.3) is 0 Å². The van der Waals surface area contributed by atoms with Crippen LogP contribution in [0.3, 0.4) is 0 Å². The van der Waals surface area contributed by atoms with Gasteiger partial charge in [-0.05, 0) is 25.2 Å². The number of hydrogen-bond acceptors (Lipinski definition) is 2. The third-order valence-corrected chi connectivity index (χ3v) is 2.67. The monoisotopic (exact) mass is 155 g/mol. The van der Waals surface area contributed by atoms with E-state index in [1.807, 2.05) is 0 Å². The maximum atomic E-state index is 5.37. The molecule has 2 nitrogen and oxygen atoms in total. The van der Waals surface area contributed by atoms with Crippen LogP contribution in [-0.4, -0.2) is 25.3 Å². The summed E-state index contributed by atoms with van der Waals surface area (Å²) < 4.78 is 5.37. The van der Waals surface area contributed by atoms with Crippen molar-refractivity contribution in [1.82, 2.24) is 5.32 Å². The minimum absolute atomic E-state index is 0.712. The number of ether oxygens (including phenoxy) is 1. The van der Waals surface area contributed by atoms with Gasteiger partial charge in [0.05, 0.1) is 6.61 Å². The van der Waals surface area contributed by atoms with Gasteiger partial charge in [-0.1, -0.05) is 6.92 Å². The van der Waals surface area contributed by atoms with Crippen LogP contribution in [-0.2, 0) is 4.74 Å². The summed E-state index contributed by atoms with van der Waals surface area (Å²) in [5.41, 5.74) is 0. The molecule has 0 aromatic rings. The van der Waals surface area contributed by atoms with Crippen LogP contribution in [0, 0.1) is 5.92 Å². The SMILES string of the molecule is C[C@@H]1COCC[C@@H]1NC1CC1. The lowest BCUT2D eigenvalue weighted by atomic mass is 9.98. The molecule has 0 aromatic heterocycles. The van der Waals surface area contributed by atoms with Crippen LogP contribution >= 0.6 is 0 Å². The van der Waals surface area contributed by atoms with Gasteiger partial charge < -0.3 is 10.1 Å². The van der Waals surface area contributed by atoms with Gasteiger partial charge in [0.15, 0.2) is 0 Å². The second-order valence-corrected chi connectivity index (χ2v) is 3.89. The molecule has 2 heteroatoms. The molecule has 2 aliphatic rings. The van der Waals surface area contributed by atoms with Gasteiger partial charge in [0, 0.05) is 18.7 Å². The van der Waals surface area contributed by atoms with E-state index in [2.05, 4.69) is 12.2 Å². The smallest absolute Gasteiger partial charge is 0.0506 e. The predicted octanol–water partition coefficient (Wildman–Crippen LogP) is 1.16. The lowest BCUT2D eigenvalue weighted by Gasteiger charge is -2.29. The normalized spacial score (nSPS) is 39.0. The second-order valence-electron chi connectivity index (χ2n) is 3.89. The molecule has 0 bridgehead atoms. The van der Waals surface area contributed by atoms with Crippen molar-refractivity contribution >= 4 is 0 Å². The summed E-state index contributed by atoms with van der Waals surface area (Å²) in [5.74, 6) is 0.712. The molecular weight excluding hydrogens is 138 g/mol. The zero-order valence-corrected chi connectivity index (χ0v) is 7.18. The Hall–Kier alpha value is -0.0800. The van der Waals surface area contributed by atoms with Crippen LogP contribution in [0.15, 0.2) is 0 Å². The Labute approximate surface area is 68.3 Å². The zero-order valence-electron chi connectivity index (χ0n) is 7.18. The molecule has 1 saturated carbocycles. The maximum Gasteiger partial charge on any atom is 0.0506 e. The van der Waals surface area contributed by atoms with Crippen molar-refractivity contribution in [1.29, 1.82) is 0 Å². The second kappa shape index (κ2) is 3.11. The van der Waals surface area contributed by atoms with Gasteiger partial charge in [0.2, 0.25) is 0 Å². The molecule has 64 valence electrons. The van der Waals surface area contributed by atoms with Crippen molar-refractivity contribution in [3.63, 3.8) is 0 Å². The number of hydrogen-bond donors (Lipinski definition) is 1. The summed E-state index contributed by atoms with van der Waals surface area (Å²) in [7, 11) is 0. The maximum absolute atomic E-state index is 5.37. The quantitative estimate of drug-likeness (QED) is 0.646. The fraction of sp³-hybridized carbons (Fsp3) is 1.00. The molecule has 1 saturated heterocycles. The average Bonchev–Trinajstić information content (AvgIpc) is 2.78. The van der Waals surface area contributed by atoms with E-state index in [-0.39, 0.29) is 0 Å². The van der Waals surface area contributed by atoms with Gasteiger partial charge in [0.25, 0.3) is 0 Å². The van der Waals surface area contributed by atoms with Crippen LogP contribution in [0.4, 0.5) is 0 Å². The lowest BCUT2D eigenvalue weighted by Crippen LogP contribution is -2.42. The Bertz CT molecular complexity index is 134. The number of nitrogens with one attached hydrogen (secondary N) is 1. The zero-order chi connectivity index (χ0) is 7.68. The molecule has 0 unspecified atom stereocenters. The van der Waals surface area contributed by atoms with E-state index in [1.54, 1.807) is 0 Å². The Morgan fingerprint density at radius 2 is 2.09 bits per heavy atom. The van der Waals surface area contributed by atoms with Crippen molar-refractivity contribution in [2.75, 3.05) is 13.2 Å². The summed E-state index contributed by atoms with van der Waals surface area (Å²) in [6.07, 6.45) is 3.99. The fourth-order valence-corrected chi connectivity index (χ4v) is 1.68. The number of rotatable bonds is 2. The molecule has 0 amide bonds. The highest BCUT2D eigenvalue weighted by atomic mass is 16.5. The van der Waals surface area contributed by atoms with Gasteiger partial charge >= 0.3 is 0 Å². The average molecular weight is 155 g/mol. The fourth-order valence-electron chi connectivity index (χ4n) is 1.68. The minimum atomic E-state index is 0.712. The van der Waals surface area contributed by atoms with E-state index in [0.717, 1.165) is 25.3 Å². The van der Waals surface area contributed by atoms with Crippen LogP contribution < -0.4 is 5.32 Å². The van der Waals surface area contributed by atoms with E-state index < -0.39 is 0 Å². The Kier molecular flexibility index (Phi) is 2.14. The molecule has 2 atom stereocenters. The highest BCUT2D eigenvalue weighted by Crippen LogP contribution is 2.23. The van der Waals surface area contributed by atoms with Gasteiger partial charge in [-0.15, -0.1) is 0 Å². The van der Waals surface area contributed by atoms with E-state index in [4.69, 9.17) is 4.74 Å². The van der Waals surface area contributed by atoms with Crippen LogP contribution in [0.5, 0.6) is 0 Å². The minimum Gasteiger partial charge on any atom is -0.381 e. The molecule has 0 spiro atoms. The molecule has 1 heterocycles. The van der Waals surface area contributed by atoms with Crippen molar-refractivity contribution in [2.45, 2.75) is 38.3 Å². The molecule has 11 heavy (non-hydrogen) atoms. The summed E-state index contributed by atoms with van der Waals surface area (Å²) in [5, 5.41) is 3.66. The summed E-state index contributed by atoms with van der Waals surface area (Å²) in [6, 6.07) is 1.58. The van der Waals surface area contributed by atoms with Gasteiger partial charge in [-0.3, -0.25) is 0 Å². The standard InChI is InChI=1S/C9H17NO/c1-7-6-11-5-4-9(7)10-8-2-3-8/h7-10H,2-6H2,1H3/t7-,9+/m1/s1.